The summed E-state index contributed by atoms with van der Waals surface area (Å²) in [5, 5.41) is 11.8. The second kappa shape index (κ2) is 6.56. The third-order valence-corrected chi connectivity index (χ3v) is 3.76. The largest absolute Gasteiger partial charge is 0.494 e. The Balaban J connectivity index is 1.95. The molecule has 0 unspecified atom stereocenters. The van der Waals surface area contributed by atoms with E-state index < -0.39 is 17.7 Å². The summed E-state index contributed by atoms with van der Waals surface area (Å²) in [6, 6.07) is 4.00. The number of halogens is 1. The first kappa shape index (κ1) is 15.3. The molecule has 2 N–H and O–H groups in total. The molecule has 1 aromatic rings. The van der Waals surface area contributed by atoms with Crippen molar-refractivity contribution in [1.82, 2.24) is 5.32 Å². The highest BCUT2D eigenvalue weighted by molar-refractivity contribution is 5.80. The Hall–Kier alpha value is -2.11. The Bertz CT molecular complexity index is 546. The fourth-order valence-corrected chi connectivity index (χ4v) is 2.69. The lowest BCUT2D eigenvalue weighted by atomic mass is 10.0. The monoisotopic (exact) mass is 295 g/mol. The highest BCUT2D eigenvalue weighted by Gasteiger charge is 2.33. The van der Waals surface area contributed by atoms with E-state index >= 15 is 0 Å². The van der Waals surface area contributed by atoms with E-state index in [1.54, 1.807) is 6.07 Å². The number of methoxy groups -OCH3 is 1. The second-order valence-corrected chi connectivity index (χ2v) is 5.20. The van der Waals surface area contributed by atoms with E-state index in [4.69, 9.17) is 9.84 Å². The van der Waals surface area contributed by atoms with Gasteiger partial charge in [0.2, 0.25) is 5.91 Å². The minimum atomic E-state index is -0.881. The molecule has 6 heteroatoms. The predicted molar refractivity (Wildman–Crippen MR) is 73.6 cm³/mol. The molecule has 114 valence electrons. The van der Waals surface area contributed by atoms with Crippen LogP contribution in [0, 0.1) is 11.7 Å². The fraction of sp³-hybridized carbons (Fsp3) is 0.467. The molecule has 0 radical (unpaired) electrons. The molecule has 0 aromatic heterocycles. The zero-order chi connectivity index (χ0) is 15.4. The van der Waals surface area contributed by atoms with Crippen LogP contribution in [0.15, 0.2) is 18.2 Å². The smallest absolute Gasteiger partial charge is 0.308 e. The van der Waals surface area contributed by atoms with Crippen LogP contribution in [-0.2, 0) is 16.0 Å². The van der Waals surface area contributed by atoms with Crippen LogP contribution in [0.1, 0.15) is 24.8 Å². The third kappa shape index (κ3) is 3.71. The van der Waals surface area contributed by atoms with Gasteiger partial charge in [-0.1, -0.05) is 12.5 Å². The molecular formula is C15H18FNO4. The number of hydrogen-bond acceptors (Lipinski definition) is 3. The first-order chi connectivity index (χ1) is 10.0. The van der Waals surface area contributed by atoms with E-state index in [0.29, 0.717) is 18.4 Å². The quantitative estimate of drug-likeness (QED) is 0.867. The molecule has 2 atom stereocenters. The van der Waals surface area contributed by atoms with Gasteiger partial charge in [0.25, 0.3) is 0 Å². The zero-order valence-corrected chi connectivity index (χ0v) is 11.8. The SMILES string of the molecule is COc1ccc(CC(=O)N[C@@H]2CCC[C@@H]2C(=O)O)cc1F. The van der Waals surface area contributed by atoms with Gasteiger partial charge in [0.05, 0.1) is 19.4 Å². The number of carboxylic acids is 1. The normalized spacial score (nSPS) is 21.0. The summed E-state index contributed by atoms with van der Waals surface area (Å²) in [5.74, 6) is -2.10. The molecule has 0 saturated heterocycles. The summed E-state index contributed by atoms with van der Waals surface area (Å²) in [4.78, 5) is 23.0. The van der Waals surface area contributed by atoms with Crippen LogP contribution >= 0.6 is 0 Å². The van der Waals surface area contributed by atoms with Gasteiger partial charge in [-0.2, -0.15) is 0 Å². The molecule has 0 aliphatic heterocycles. The summed E-state index contributed by atoms with van der Waals surface area (Å²) in [5.41, 5.74) is 0.524. The van der Waals surface area contributed by atoms with Crippen molar-refractivity contribution in [3.63, 3.8) is 0 Å². The van der Waals surface area contributed by atoms with E-state index in [2.05, 4.69) is 5.32 Å². The standard InChI is InChI=1S/C15H18FNO4/c1-21-13-6-5-9(7-11(13)16)8-14(18)17-12-4-2-3-10(12)15(19)20/h5-7,10,12H,2-4,8H2,1H3,(H,17,18)(H,19,20)/t10-,12+/m0/s1. The highest BCUT2D eigenvalue weighted by atomic mass is 19.1. The van der Waals surface area contributed by atoms with E-state index in [-0.39, 0.29) is 24.1 Å². The molecule has 1 saturated carbocycles. The third-order valence-electron chi connectivity index (χ3n) is 3.76. The molecule has 2 rings (SSSR count). The average molecular weight is 295 g/mol. The number of rotatable bonds is 5. The molecule has 1 aliphatic rings. The Labute approximate surface area is 122 Å². The van der Waals surface area contributed by atoms with Crippen molar-refractivity contribution in [3.8, 4) is 5.75 Å². The van der Waals surface area contributed by atoms with Crippen molar-refractivity contribution in [2.24, 2.45) is 5.92 Å². The molecule has 1 fully saturated rings. The summed E-state index contributed by atoms with van der Waals surface area (Å²) in [7, 11) is 1.37. The summed E-state index contributed by atoms with van der Waals surface area (Å²) >= 11 is 0. The maximum atomic E-state index is 13.5. The van der Waals surface area contributed by atoms with E-state index in [1.165, 1.54) is 19.2 Å². The Morgan fingerprint density at radius 3 is 2.81 bits per heavy atom. The average Bonchev–Trinajstić information content (AvgIpc) is 2.87. The molecule has 1 aliphatic carbocycles. The number of hydrogen-bond donors (Lipinski definition) is 2. The highest BCUT2D eigenvalue weighted by Crippen LogP contribution is 2.26. The van der Waals surface area contributed by atoms with Gasteiger partial charge in [-0.15, -0.1) is 0 Å². The Morgan fingerprint density at radius 2 is 2.19 bits per heavy atom. The molecular weight excluding hydrogens is 277 g/mol. The van der Waals surface area contributed by atoms with Crippen LogP contribution in [0.4, 0.5) is 4.39 Å². The van der Waals surface area contributed by atoms with Gasteiger partial charge < -0.3 is 15.2 Å². The fourth-order valence-electron chi connectivity index (χ4n) is 2.69. The number of carbonyl (C=O) groups is 2. The van der Waals surface area contributed by atoms with Crippen molar-refractivity contribution in [2.45, 2.75) is 31.7 Å². The van der Waals surface area contributed by atoms with Gasteiger partial charge >= 0.3 is 5.97 Å². The Morgan fingerprint density at radius 1 is 1.43 bits per heavy atom. The Kier molecular flexibility index (Phi) is 4.77. The topological polar surface area (TPSA) is 75.6 Å². The summed E-state index contributed by atoms with van der Waals surface area (Å²) < 4.78 is 18.4. The van der Waals surface area contributed by atoms with Crippen molar-refractivity contribution >= 4 is 11.9 Å². The molecule has 1 amide bonds. The number of benzene rings is 1. The second-order valence-electron chi connectivity index (χ2n) is 5.20. The van der Waals surface area contributed by atoms with Crippen LogP contribution in [0.5, 0.6) is 5.75 Å². The molecule has 1 aromatic carbocycles. The van der Waals surface area contributed by atoms with Crippen molar-refractivity contribution in [3.05, 3.63) is 29.6 Å². The number of amides is 1. The van der Waals surface area contributed by atoms with Gasteiger partial charge in [-0.05, 0) is 30.5 Å². The van der Waals surface area contributed by atoms with Crippen molar-refractivity contribution in [2.75, 3.05) is 7.11 Å². The predicted octanol–water partition coefficient (Wildman–Crippen LogP) is 1.75. The number of carboxylic acid groups (broad SMARTS) is 1. The minimum Gasteiger partial charge on any atom is -0.494 e. The molecule has 21 heavy (non-hydrogen) atoms. The van der Waals surface area contributed by atoms with E-state index in [9.17, 15) is 14.0 Å². The summed E-state index contributed by atoms with van der Waals surface area (Å²) in [6.45, 7) is 0. The van der Waals surface area contributed by atoms with Gasteiger partial charge in [0.15, 0.2) is 11.6 Å². The lowest BCUT2D eigenvalue weighted by Crippen LogP contribution is -2.40. The van der Waals surface area contributed by atoms with Crippen LogP contribution in [-0.4, -0.2) is 30.1 Å². The lowest BCUT2D eigenvalue weighted by Gasteiger charge is -2.17. The number of aliphatic carboxylic acids is 1. The lowest BCUT2D eigenvalue weighted by molar-refractivity contribution is -0.142. The number of nitrogens with one attached hydrogen (secondary N) is 1. The molecule has 0 bridgehead atoms. The minimum absolute atomic E-state index is 0.0176. The van der Waals surface area contributed by atoms with Crippen molar-refractivity contribution < 1.29 is 23.8 Å². The summed E-state index contributed by atoms with van der Waals surface area (Å²) in [6.07, 6.45) is 2.06. The van der Waals surface area contributed by atoms with Crippen LogP contribution in [0.2, 0.25) is 0 Å². The maximum Gasteiger partial charge on any atom is 0.308 e. The van der Waals surface area contributed by atoms with E-state index in [1.807, 2.05) is 0 Å². The van der Waals surface area contributed by atoms with Crippen molar-refractivity contribution in [1.29, 1.82) is 0 Å². The van der Waals surface area contributed by atoms with Gasteiger partial charge in [0.1, 0.15) is 0 Å². The van der Waals surface area contributed by atoms with Crippen LogP contribution in [0.3, 0.4) is 0 Å². The van der Waals surface area contributed by atoms with Crippen LogP contribution < -0.4 is 10.1 Å². The number of carbonyl (C=O) groups excluding carboxylic acids is 1. The maximum absolute atomic E-state index is 13.5. The van der Waals surface area contributed by atoms with Gasteiger partial charge in [-0.25, -0.2) is 4.39 Å². The first-order valence-electron chi connectivity index (χ1n) is 6.86. The zero-order valence-electron chi connectivity index (χ0n) is 11.8. The molecule has 0 spiro atoms. The molecule has 5 nitrogen and oxygen atoms in total. The van der Waals surface area contributed by atoms with Gasteiger partial charge in [-0.3, -0.25) is 9.59 Å². The van der Waals surface area contributed by atoms with Crippen LogP contribution in [0.25, 0.3) is 0 Å². The first-order valence-corrected chi connectivity index (χ1v) is 6.86. The van der Waals surface area contributed by atoms with Gasteiger partial charge in [0, 0.05) is 6.04 Å². The van der Waals surface area contributed by atoms with E-state index in [0.717, 1.165) is 6.42 Å². The molecule has 0 heterocycles. The number of ether oxygens (including phenoxy) is 1.